The molecule has 1 aliphatic carbocycles. The molecule has 0 radical (unpaired) electrons. The van der Waals surface area contributed by atoms with Crippen LogP contribution >= 0.6 is 23.1 Å². The Balaban J connectivity index is 1.50. The van der Waals surface area contributed by atoms with Crippen molar-refractivity contribution in [1.82, 2.24) is 19.8 Å². The first kappa shape index (κ1) is 21.4. The fraction of sp³-hybridized carbons (Fsp3) is 0.619. The van der Waals surface area contributed by atoms with Crippen LogP contribution in [0.1, 0.15) is 55.9 Å². The lowest BCUT2D eigenvalue weighted by atomic mass is 10.2. The van der Waals surface area contributed by atoms with Crippen LogP contribution < -0.4 is 10.9 Å². The van der Waals surface area contributed by atoms with E-state index >= 15 is 0 Å². The minimum atomic E-state index is -0.314. The molecule has 0 saturated carbocycles. The van der Waals surface area contributed by atoms with Crippen LogP contribution in [0.15, 0.2) is 9.95 Å². The molecule has 0 bridgehead atoms. The molecule has 2 aliphatic rings. The summed E-state index contributed by atoms with van der Waals surface area (Å²) in [5.74, 6) is 0.528. The maximum Gasteiger partial charge on any atom is 0.324 e. The summed E-state index contributed by atoms with van der Waals surface area (Å²) < 4.78 is 1.86. The summed E-state index contributed by atoms with van der Waals surface area (Å²) in [5, 5.41) is 4.15. The molecule has 9 heteroatoms. The Bertz CT molecular complexity index is 998. The lowest BCUT2D eigenvalue weighted by Gasteiger charge is -2.14. The SMILES string of the molecule is CCCCCCn1c(SCCCN2C(=O)CNC2=O)nc2sc3c(c2c1=O)CCC3. The second-order valence-corrected chi connectivity index (χ2v) is 10.0. The summed E-state index contributed by atoms with van der Waals surface area (Å²) in [7, 11) is 0. The molecule has 2 aromatic rings. The predicted molar refractivity (Wildman–Crippen MR) is 120 cm³/mol. The first-order valence-electron chi connectivity index (χ1n) is 10.9. The van der Waals surface area contributed by atoms with E-state index < -0.39 is 0 Å². The van der Waals surface area contributed by atoms with Gasteiger partial charge in [0.1, 0.15) is 4.83 Å². The van der Waals surface area contributed by atoms with Gasteiger partial charge in [-0.25, -0.2) is 9.78 Å². The van der Waals surface area contributed by atoms with E-state index in [-0.39, 0.29) is 24.0 Å². The van der Waals surface area contributed by atoms with Crippen molar-refractivity contribution in [3.8, 4) is 0 Å². The maximum absolute atomic E-state index is 13.4. The Morgan fingerprint density at radius 2 is 1.97 bits per heavy atom. The number of nitrogens with zero attached hydrogens (tertiary/aromatic N) is 3. The number of fused-ring (bicyclic) bond motifs is 3. The Labute approximate surface area is 184 Å². The molecule has 30 heavy (non-hydrogen) atoms. The van der Waals surface area contributed by atoms with Gasteiger partial charge in [0, 0.05) is 23.7 Å². The largest absolute Gasteiger partial charge is 0.329 e. The second-order valence-electron chi connectivity index (χ2n) is 7.86. The number of unbranched alkanes of at least 4 members (excludes halogenated alkanes) is 3. The number of nitrogens with one attached hydrogen (secondary N) is 1. The highest BCUT2D eigenvalue weighted by atomic mass is 32.2. The van der Waals surface area contributed by atoms with Crippen LogP contribution in [0, 0.1) is 0 Å². The molecule has 4 rings (SSSR count). The molecule has 0 aromatic carbocycles. The number of thiophene rings is 1. The van der Waals surface area contributed by atoms with Crippen LogP contribution in [0.3, 0.4) is 0 Å². The number of urea groups is 1. The first-order valence-corrected chi connectivity index (χ1v) is 12.7. The van der Waals surface area contributed by atoms with E-state index in [4.69, 9.17) is 4.98 Å². The molecule has 3 heterocycles. The summed E-state index contributed by atoms with van der Waals surface area (Å²) in [5.41, 5.74) is 1.33. The molecule has 0 atom stereocenters. The Hall–Kier alpha value is -1.87. The highest BCUT2D eigenvalue weighted by Crippen LogP contribution is 2.35. The van der Waals surface area contributed by atoms with Crippen LogP contribution in [0.25, 0.3) is 10.2 Å². The van der Waals surface area contributed by atoms with E-state index in [1.54, 1.807) is 23.1 Å². The van der Waals surface area contributed by atoms with E-state index in [9.17, 15) is 14.4 Å². The number of hydrogen-bond acceptors (Lipinski definition) is 6. The van der Waals surface area contributed by atoms with Gasteiger partial charge in [0.2, 0.25) is 5.91 Å². The van der Waals surface area contributed by atoms with E-state index in [0.29, 0.717) is 25.3 Å². The number of rotatable bonds is 10. The number of hydrogen-bond donors (Lipinski definition) is 1. The van der Waals surface area contributed by atoms with Crippen LogP contribution in [0.5, 0.6) is 0 Å². The Morgan fingerprint density at radius 1 is 1.10 bits per heavy atom. The van der Waals surface area contributed by atoms with Crippen molar-refractivity contribution in [3.05, 3.63) is 20.8 Å². The number of carbonyl (C=O) groups is 2. The van der Waals surface area contributed by atoms with Gasteiger partial charge >= 0.3 is 6.03 Å². The molecule has 1 saturated heterocycles. The van der Waals surface area contributed by atoms with Crippen molar-refractivity contribution in [3.63, 3.8) is 0 Å². The van der Waals surface area contributed by atoms with Gasteiger partial charge in [-0.05, 0) is 37.7 Å². The normalized spacial score (nSPS) is 16.0. The lowest BCUT2D eigenvalue weighted by Crippen LogP contribution is -2.32. The predicted octanol–water partition coefficient (Wildman–Crippen LogP) is 3.56. The van der Waals surface area contributed by atoms with Gasteiger partial charge in [-0.3, -0.25) is 19.1 Å². The standard InChI is InChI=1S/C21H28N4O3S2/c1-2-3-4-5-10-25-19(27)17-14-8-6-9-15(14)30-18(17)23-21(25)29-12-7-11-24-16(26)13-22-20(24)28/h2-13H2,1H3,(H,22,28). The van der Waals surface area contributed by atoms with Crippen molar-refractivity contribution >= 4 is 45.3 Å². The molecule has 162 valence electrons. The summed E-state index contributed by atoms with van der Waals surface area (Å²) in [6, 6.07) is -0.314. The van der Waals surface area contributed by atoms with Crippen molar-refractivity contribution in [2.75, 3.05) is 18.8 Å². The number of aryl methyl sites for hydroxylation is 2. The fourth-order valence-electron chi connectivity index (χ4n) is 4.13. The third-order valence-electron chi connectivity index (χ3n) is 5.72. The molecule has 1 fully saturated rings. The van der Waals surface area contributed by atoms with Crippen molar-refractivity contribution in [2.45, 2.75) is 70.0 Å². The first-order chi connectivity index (χ1) is 14.6. The van der Waals surface area contributed by atoms with Crippen molar-refractivity contribution in [1.29, 1.82) is 0 Å². The third-order valence-corrected chi connectivity index (χ3v) is 7.97. The van der Waals surface area contributed by atoms with Crippen LogP contribution in [0.2, 0.25) is 0 Å². The Morgan fingerprint density at radius 3 is 2.73 bits per heavy atom. The topological polar surface area (TPSA) is 84.3 Å². The van der Waals surface area contributed by atoms with Gasteiger partial charge in [-0.2, -0.15) is 0 Å². The number of carbonyl (C=O) groups excluding carboxylic acids is 2. The molecule has 2 aromatic heterocycles. The van der Waals surface area contributed by atoms with Gasteiger partial charge in [-0.1, -0.05) is 37.9 Å². The molecular weight excluding hydrogens is 420 g/mol. The maximum atomic E-state index is 13.4. The van der Waals surface area contributed by atoms with Crippen LogP contribution in [-0.2, 0) is 24.2 Å². The summed E-state index contributed by atoms with van der Waals surface area (Å²) >= 11 is 3.23. The second kappa shape index (κ2) is 9.51. The average Bonchev–Trinajstić information content (AvgIpc) is 3.39. The zero-order valence-corrected chi connectivity index (χ0v) is 19.0. The molecule has 7 nitrogen and oxygen atoms in total. The minimum absolute atomic E-state index is 0.0878. The van der Waals surface area contributed by atoms with Crippen LogP contribution in [-0.4, -0.2) is 45.2 Å². The van der Waals surface area contributed by atoms with E-state index in [0.717, 1.165) is 53.9 Å². The molecule has 1 N–H and O–H groups in total. The smallest absolute Gasteiger partial charge is 0.324 e. The lowest BCUT2D eigenvalue weighted by molar-refractivity contribution is -0.124. The van der Waals surface area contributed by atoms with Gasteiger partial charge < -0.3 is 5.32 Å². The van der Waals surface area contributed by atoms with Crippen molar-refractivity contribution in [2.24, 2.45) is 0 Å². The van der Waals surface area contributed by atoms with E-state index in [2.05, 4.69) is 12.2 Å². The fourth-order valence-corrected chi connectivity index (χ4v) is 6.38. The van der Waals surface area contributed by atoms with E-state index in [1.165, 1.54) is 21.8 Å². The summed E-state index contributed by atoms with van der Waals surface area (Å²) in [6.45, 7) is 3.36. The van der Waals surface area contributed by atoms with Gasteiger partial charge in [0.15, 0.2) is 5.16 Å². The summed E-state index contributed by atoms with van der Waals surface area (Å²) in [4.78, 5) is 45.1. The zero-order chi connectivity index (χ0) is 21.1. The summed E-state index contributed by atoms with van der Waals surface area (Å²) in [6.07, 6.45) is 8.27. The molecule has 0 spiro atoms. The zero-order valence-electron chi connectivity index (χ0n) is 17.4. The molecular formula is C21H28N4O3S2. The number of imide groups is 1. The van der Waals surface area contributed by atoms with Gasteiger partial charge in [0.25, 0.3) is 5.56 Å². The Kier molecular flexibility index (Phi) is 6.77. The minimum Gasteiger partial charge on any atom is -0.329 e. The number of thioether (sulfide) groups is 1. The third kappa shape index (κ3) is 4.27. The molecule has 1 aliphatic heterocycles. The van der Waals surface area contributed by atoms with Gasteiger partial charge in [-0.15, -0.1) is 11.3 Å². The quantitative estimate of drug-likeness (QED) is 0.260. The number of aromatic nitrogens is 2. The number of amides is 3. The van der Waals surface area contributed by atoms with E-state index in [1.807, 2.05) is 4.57 Å². The van der Waals surface area contributed by atoms with Crippen LogP contribution in [0.4, 0.5) is 4.79 Å². The highest BCUT2D eigenvalue weighted by molar-refractivity contribution is 7.99. The molecule has 3 amide bonds. The molecule has 0 unspecified atom stereocenters. The average molecular weight is 449 g/mol. The highest BCUT2D eigenvalue weighted by Gasteiger charge is 2.28. The van der Waals surface area contributed by atoms with Crippen molar-refractivity contribution < 1.29 is 9.59 Å². The monoisotopic (exact) mass is 448 g/mol. The van der Waals surface area contributed by atoms with Gasteiger partial charge in [0.05, 0.1) is 11.9 Å².